The van der Waals surface area contributed by atoms with Gasteiger partial charge >= 0.3 is 0 Å². The number of benzene rings is 2. The van der Waals surface area contributed by atoms with Gasteiger partial charge in [0.1, 0.15) is 11.6 Å². The zero-order valence-corrected chi connectivity index (χ0v) is 16.2. The lowest BCUT2D eigenvalue weighted by atomic mass is 9.97. The number of nitrogens with zero attached hydrogens (tertiary/aromatic N) is 2. The van der Waals surface area contributed by atoms with Crippen molar-refractivity contribution in [3.05, 3.63) is 53.6 Å². The van der Waals surface area contributed by atoms with E-state index in [2.05, 4.69) is 5.10 Å². The average molecular weight is 389 g/mol. The quantitative estimate of drug-likeness (QED) is 0.709. The molecule has 0 saturated heterocycles. The Hall–Kier alpha value is -2.73. The van der Waals surface area contributed by atoms with Crippen molar-refractivity contribution < 1.29 is 19.0 Å². The van der Waals surface area contributed by atoms with Gasteiger partial charge in [-0.25, -0.2) is 5.01 Å². The molecule has 0 spiro atoms. The molecule has 1 aliphatic rings. The van der Waals surface area contributed by atoms with Gasteiger partial charge in [-0.05, 0) is 35.9 Å². The second-order valence-electron chi connectivity index (χ2n) is 5.95. The van der Waals surface area contributed by atoms with Gasteiger partial charge in [0.2, 0.25) is 0 Å². The predicted octanol–water partition coefficient (Wildman–Crippen LogP) is 3.63. The molecule has 1 amide bonds. The molecule has 2 aromatic carbocycles. The fraction of sp³-hybridized carbons (Fsp3) is 0.300. The molecule has 6 nitrogen and oxygen atoms in total. The summed E-state index contributed by atoms with van der Waals surface area (Å²) in [6.45, 7) is 0. The maximum absolute atomic E-state index is 12.4. The number of hydrogen-bond acceptors (Lipinski definition) is 5. The van der Waals surface area contributed by atoms with Gasteiger partial charge in [0.15, 0.2) is 11.5 Å². The van der Waals surface area contributed by atoms with Gasteiger partial charge in [0, 0.05) is 12.0 Å². The Kier molecular flexibility index (Phi) is 5.86. The molecular weight excluding hydrogens is 368 g/mol. The number of carbonyl (C=O) groups excluding carboxylic acids is 1. The molecule has 0 bridgehead atoms. The normalized spacial score (nSPS) is 16.1. The summed E-state index contributed by atoms with van der Waals surface area (Å²) in [6, 6.07) is 12.8. The molecule has 7 heteroatoms. The molecule has 1 atom stereocenters. The molecule has 0 aliphatic carbocycles. The van der Waals surface area contributed by atoms with Crippen LogP contribution in [-0.4, -0.2) is 43.8 Å². The van der Waals surface area contributed by atoms with Crippen LogP contribution in [0.15, 0.2) is 47.6 Å². The van der Waals surface area contributed by atoms with E-state index >= 15 is 0 Å². The van der Waals surface area contributed by atoms with E-state index in [1.807, 2.05) is 42.5 Å². The van der Waals surface area contributed by atoms with E-state index < -0.39 is 0 Å². The van der Waals surface area contributed by atoms with Crippen LogP contribution >= 0.6 is 11.6 Å². The van der Waals surface area contributed by atoms with Crippen molar-refractivity contribution in [2.75, 3.05) is 27.2 Å². The number of methoxy groups -OCH3 is 3. The van der Waals surface area contributed by atoms with Crippen molar-refractivity contribution in [3.8, 4) is 17.2 Å². The van der Waals surface area contributed by atoms with Crippen molar-refractivity contribution in [1.82, 2.24) is 5.01 Å². The fourth-order valence-electron chi connectivity index (χ4n) is 3.18. The van der Waals surface area contributed by atoms with E-state index in [1.165, 1.54) is 5.01 Å². The molecule has 0 fully saturated rings. The maximum Gasteiger partial charge on any atom is 0.258 e. The molecule has 0 aromatic heterocycles. The molecule has 1 heterocycles. The van der Waals surface area contributed by atoms with Crippen molar-refractivity contribution in [3.63, 3.8) is 0 Å². The van der Waals surface area contributed by atoms with Crippen LogP contribution in [0.25, 0.3) is 0 Å². The molecule has 3 rings (SSSR count). The first-order valence-corrected chi connectivity index (χ1v) is 8.97. The van der Waals surface area contributed by atoms with E-state index in [0.29, 0.717) is 17.9 Å². The van der Waals surface area contributed by atoms with E-state index in [-0.39, 0.29) is 17.8 Å². The number of hydrogen-bond donors (Lipinski definition) is 0. The largest absolute Gasteiger partial charge is 0.497 e. The average Bonchev–Trinajstić information content (AvgIpc) is 3.17. The van der Waals surface area contributed by atoms with Gasteiger partial charge in [0.05, 0.1) is 33.1 Å². The van der Waals surface area contributed by atoms with Gasteiger partial charge in [-0.3, -0.25) is 4.79 Å². The summed E-state index contributed by atoms with van der Waals surface area (Å²) in [5.41, 5.74) is 2.54. The molecule has 2 aromatic rings. The Balaban J connectivity index is 2.00. The Morgan fingerprint density at radius 2 is 1.85 bits per heavy atom. The van der Waals surface area contributed by atoms with Crippen LogP contribution in [0.5, 0.6) is 17.2 Å². The van der Waals surface area contributed by atoms with Gasteiger partial charge < -0.3 is 14.2 Å². The summed E-state index contributed by atoms with van der Waals surface area (Å²) in [5.74, 6) is 1.53. The SMILES string of the molecule is COc1ccc(C2=NN(C(=O)CCl)[C@H](c3cccc(OC)c3OC)C2)cc1. The number of carbonyl (C=O) groups is 1. The molecule has 0 unspecified atom stereocenters. The lowest BCUT2D eigenvalue weighted by molar-refractivity contribution is -0.130. The number of para-hydroxylation sites is 1. The monoisotopic (exact) mass is 388 g/mol. The minimum absolute atomic E-state index is 0.151. The van der Waals surface area contributed by atoms with Crippen LogP contribution in [0.1, 0.15) is 23.6 Å². The van der Waals surface area contributed by atoms with Crippen LogP contribution in [0.3, 0.4) is 0 Å². The fourth-order valence-corrected chi connectivity index (χ4v) is 3.30. The Labute approximate surface area is 163 Å². The first-order valence-electron chi connectivity index (χ1n) is 8.43. The summed E-state index contributed by atoms with van der Waals surface area (Å²) < 4.78 is 16.1. The summed E-state index contributed by atoms with van der Waals surface area (Å²) >= 11 is 5.82. The molecular formula is C20H21ClN2O4. The number of amides is 1. The summed E-state index contributed by atoms with van der Waals surface area (Å²) in [5, 5.41) is 5.99. The van der Waals surface area contributed by atoms with Crippen LogP contribution in [0.4, 0.5) is 0 Å². The number of alkyl halides is 1. The van der Waals surface area contributed by atoms with E-state index in [4.69, 9.17) is 25.8 Å². The van der Waals surface area contributed by atoms with Crippen molar-refractivity contribution in [1.29, 1.82) is 0 Å². The number of rotatable bonds is 6. The van der Waals surface area contributed by atoms with Gasteiger partial charge in [0.25, 0.3) is 5.91 Å². The van der Waals surface area contributed by atoms with Crippen molar-refractivity contribution in [2.24, 2.45) is 5.10 Å². The second-order valence-corrected chi connectivity index (χ2v) is 6.22. The number of ether oxygens (including phenoxy) is 3. The van der Waals surface area contributed by atoms with Crippen LogP contribution in [0, 0.1) is 0 Å². The molecule has 27 heavy (non-hydrogen) atoms. The van der Waals surface area contributed by atoms with Gasteiger partial charge in [-0.1, -0.05) is 12.1 Å². The highest BCUT2D eigenvalue weighted by Gasteiger charge is 2.35. The highest BCUT2D eigenvalue weighted by Crippen LogP contribution is 2.41. The van der Waals surface area contributed by atoms with Crippen molar-refractivity contribution in [2.45, 2.75) is 12.5 Å². The van der Waals surface area contributed by atoms with E-state index in [0.717, 1.165) is 22.6 Å². The highest BCUT2D eigenvalue weighted by molar-refractivity contribution is 6.27. The zero-order valence-electron chi connectivity index (χ0n) is 15.4. The Bertz CT molecular complexity index is 852. The third-order valence-electron chi connectivity index (χ3n) is 4.50. The van der Waals surface area contributed by atoms with Crippen LogP contribution < -0.4 is 14.2 Å². The minimum atomic E-state index is -0.321. The smallest absolute Gasteiger partial charge is 0.258 e. The summed E-state index contributed by atoms with van der Waals surface area (Å²) in [6.07, 6.45) is 0.540. The molecule has 142 valence electrons. The van der Waals surface area contributed by atoms with E-state index in [9.17, 15) is 4.79 Å². The molecule has 0 saturated carbocycles. The number of hydrazone groups is 1. The lowest BCUT2D eigenvalue weighted by Gasteiger charge is -2.23. The molecule has 0 radical (unpaired) electrons. The molecule has 0 N–H and O–H groups in total. The number of halogens is 1. The van der Waals surface area contributed by atoms with E-state index in [1.54, 1.807) is 21.3 Å². The standard InChI is InChI=1S/C20H21ClN2O4/c1-25-14-9-7-13(8-10-14)16-11-17(23(22-16)19(24)12-21)15-5-4-6-18(26-2)20(15)27-3/h4-10,17H,11-12H2,1-3H3/t17-/m0/s1. The zero-order chi connectivity index (χ0) is 19.4. The third-order valence-corrected chi connectivity index (χ3v) is 4.72. The summed E-state index contributed by atoms with van der Waals surface area (Å²) in [4.78, 5) is 12.4. The topological polar surface area (TPSA) is 60.4 Å². The first kappa shape index (κ1) is 19.0. The van der Waals surface area contributed by atoms with Crippen LogP contribution in [0.2, 0.25) is 0 Å². The minimum Gasteiger partial charge on any atom is -0.497 e. The lowest BCUT2D eigenvalue weighted by Crippen LogP contribution is -2.28. The Morgan fingerprint density at radius 1 is 1.11 bits per heavy atom. The summed E-state index contributed by atoms with van der Waals surface area (Å²) in [7, 11) is 4.78. The predicted molar refractivity (Wildman–Crippen MR) is 104 cm³/mol. The third kappa shape index (κ3) is 3.71. The second kappa shape index (κ2) is 8.31. The Morgan fingerprint density at radius 3 is 2.44 bits per heavy atom. The first-order chi connectivity index (χ1) is 13.1. The van der Waals surface area contributed by atoms with Crippen LogP contribution in [-0.2, 0) is 4.79 Å². The van der Waals surface area contributed by atoms with Gasteiger partial charge in [-0.2, -0.15) is 5.10 Å². The van der Waals surface area contributed by atoms with Gasteiger partial charge in [-0.15, -0.1) is 11.6 Å². The van der Waals surface area contributed by atoms with Crippen molar-refractivity contribution >= 4 is 23.2 Å². The maximum atomic E-state index is 12.4. The molecule has 1 aliphatic heterocycles. The highest BCUT2D eigenvalue weighted by atomic mass is 35.5.